The van der Waals surface area contributed by atoms with Crippen LogP contribution in [0.15, 0.2) is 82.9 Å². The third-order valence-corrected chi connectivity index (χ3v) is 7.94. The molecule has 2 aromatic carbocycles. The first-order valence-corrected chi connectivity index (χ1v) is 14.5. The van der Waals surface area contributed by atoms with Gasteiger partial charge in [0.2, 0.25) is 0 Å². The van der Waals surface area contributed by atoms with Crippen LogP contribution < -0.4 is 0 Å². The van der Waals surface area contributed by atoms with Gasteiger partial charge in [0.05, 0.1) is 18.5 Å². The number of rotatable bonds is 12. The van der Waals surface area contributed by atoms with Gasteiger partial charge in [0.1, 0.15) is 5.76 Å². The zero-order chi connectivity index (χ0) is 26.3. The fraction of sp³-hybridized carbons (Fsp3) is 0.290. The molecule has 0 N–H and O–H groups in total. The van der Waals surface area contributed by atoms with Gasteiger partial charge in [-0.15, -0.1) is 11.3 Å². The van der Waals surface area contributed by atoms with Crippen LogP contribution in [0.3, 0.4) is 0 Å². The van der Waals surface area contributed by atoms with E-state index in [0.717, 1.165) is 34.1 Å². The third kappa shape index (κ3) is 6.37. The van der Waals surface area contributed by atoms with Gasteiger partial charge in [-0.25, -0.2) is 4.98 Å². The number of hydrogen-bond donors (Lipinski definition) is 0. The molecule has 0 bridgehead atoms. The number of amides is 1. The first-order valence-electron chi connectivity index (χ1n) is 13.2. The number of carbonyl (C=O) groups excluding carboxylic acids is 1. The Kier molecular flexibility index (Phi) is 8.61. The molecule has 0 radical (unpaired) electrons. The van der Waals surface area contributed by atoms with Crippen molar-refractivity contribution in [1.82, 2.24) is 14.3 Å². The summed E-state index contributed by atoms with van der Waals surface area (Å²) < 4.78 is 7.71. The Balaban J connectivity index is 1.30. The van der Waals surface area contributed by atoms with Crippen molar-refractivity contribution in [2.75, 3.05) is 6.54 Å². The average molecular weight is 546 g/mol. The van der Waals surface area contributed by atoms with Crippen LogP contribution in [0.5, 0.6) is 0 Å². The van der Waals surface area contributed by atoms with Gasteiger partial charge in [-0.05, 0) is 54.8 Å². The Morgan fingerprint density at radius 3 is 2.58 bits per heavy atom. The predicted octanol–water partition coefficient (Wildman–Crippen LogP) is 8.32. The molecule has 0 aliphatic heterocycles. The van der Waals surface area contributed by atoms with Gasteiger partial charge in [-0.1, -0.05) is 62.1 Å². The highest BCUT2D eigenvalue weighted by Crippen LogP contribution is 2.25. The van der Waals surface area contributed by atoms with Crippen molar-refractivity contribution in [3.8, 4) is 11.3 Å². The van der Waals surface area contributed by atoms with Crippen LogP contribution in [0, 0.1) is 0 Å². The van der Waals surface area contributed by atoms with Gasteiger partial charge in [0.15, 0.2) is 4.96 Å². The van der Waals surface area contributed by atoms with Crippen molar-refractivity contribution >= 4 is 33.8 Å². The Bertz CT molecular complexity index is 1450. The number of aryl methyl sites for hydroxylation is 1. The second kappa shape index (κ2) is 12.5. The van der Waals surface area contributed by atoms with Gasteiger partial charge in [0.25, 0.3) is 5.91 Å². The monoisotopic (exact) mass is 545 g/mol. The lowest BCUT2D eigenvalue weighted by Crippen LogP contribution is -2.32. The number of aromatic nitrogens is 2. The largest absolute Gasteiger partial charge is 0.467 e. The maximum absolute atomic E-state index is 13.6. The maximum Gasteiger partial charge on any atom is 0.254 e. The molecule has 0 spiro atoms. The summed E-state index contributed by atoms with van der Waals surface area (Å²) in [5, 5.41) is 2.83. The molecule has 0 aliphatic carbocycles. The van der Waals surface area contributed by atoms with E-state index in [2.05, 4.69) is 35.0 Å². The van der Waals surface area contributed by atoms with Crippen LogP contribution in [0.25, 0.3) is 16.2 Å². The number of furan rings is 1. The SMILES string of the molecule is CCCCCCc1ccc(C(=O)N(CCc2csc3nc(-c4ccc(Cl)cc4)cn23)Cc2ccco2)cc1. The first-order chi connectivity index (χ1) is 18.6. The summed E-state index contributed by atoms with van der Waals surface area (Å²) in [6.45, 7) is 3.22. The zero-order valence-electron chi connectivity index (χ0n) is 21.6. The molecule has 0 unspecified atom stereocenters. The number of benzene rings is 2. The number of hydrogen-bond acceptors (Lipinski definition) is 4. The van der Waals surface area contributed by atoms with Crippen LogP contribution in [-0.2, 0) is 19.4 Å². The lowest BCUT2D eigenvalue weighted by atomic mass is 10.0. The highest BCUT2D eigenvalue weighted by molar-refractivity contribution is 7.15. The molecule has 1 amide bonds. The molecule has 0 aliphatic rings. The highest BCUT2D eigenvalue weighted by atomic mass is 35.5. The van der Waals surface area contributed by atoms with Crippen LogP contribution >= 0.6 is 22.9 Å². The predicted molar refractivity (Wildman–Crippen MR) is 155 cm³/mol. The average Bonchev–Trinajstić information content (AvgIpc) is 3.68. The molecule has 38 heavy (non-hydrogen) atoms. The number of carbonyl (C=O) groups is 1. The Morgan fingerprint density at radius 2 is 1.84 bits per heavy atom. The minimum atomic E-state index is 0.0119. The van der Waals surface area contributed by atoms with Crippen LogP contribution in [0.2, 0.25) is 5.02 Å². The molecule has 3 heterocycles. The number of imidazole rings is 1. The lowest BCUT2D eigenvalue weighted by Gasteiger charge is -2.22. The minimum absolute atomic E-state index is 0.0119. The molecule has 7 heteroatoms. The van der Waals surface area contributed by atoms with E-state index in [9.17, 15) is 4.79 Å². The van der Waals surface area contributed by atoms with Crippen LogP contribution in [-0.4, -0.2) is 26.7 Å². The third-order valence-electron chi connectivity index (χ3n) is 6.80. The summed E-state index contributed by atoms with van der Waals surface area (Å²) in [6.07, 6.45) is 10.4. The second-order valence-electron chi connectivity index (χ2n) is 9.58. The quantitative estimate of drug-likeness (QED) is 0.148. The molecule has 0 saturated heterocycles. The summed E-state index contributed by atoms with van der Waals surface area (Å²) in [7, 11) is 0. The Hall–Kier alpha value is -3.35. The van der Waals surface area contributed by atoms with Gasteiger partial charge in [0, 0.05) is 46.4 Å². The molecule has 196 valence electrons. The molecule has 5 aromatic rings. The second-order valence-corrected chi connectivity index (χ2v) is 10.8. The van der Waals surface area contributed by atoms with Gasteiger partial charge in [-0.2, -0.15) is 0 Å². The standard InChI is InChI=1S/C31H32ClN3O2S/c1-2-3-4-5-7-23-9-11-25(12-10-23)30(36)34(20-28-8-6-19-37-28)18-17-27-22-38-31-33-29(21-35(27)31)24-13-15-26(32)16-14-24/h6,8-16,19,21-22H,2-5,7,17-18,20H2,1H3. The van der Waals surface area contributed by atoms with E-state index < -0.39 is 0 Å². The van der Waals surface area contributed by atoms with Crippen molar-refractivity contribution in [1.29, 1.82) is 0 Å². The number of thiazole rings is 1. The fourth-order valence-corrected chi connectivity index (χ4v) is 5.65. The molecule has 3 aromatic heterocycles. The van der Waals surface area contributed by atoms with E-state index in [-0.39, 0.29) is 5.91 Å². The van der Waals surface area contributed by atoms with Gasteiger partial charge >= 0.3 is 0 Å². The topological polar surface area (TPSA) is 50.8 Å². The van der Waals surface area contributed by atoms with E-state index >= 15 is 0 Å². The molecular weight excluding hydrogens is 514 g/mol. The minimum Gasteiger partial charge on any atom is -0.467 e. The lowest BCUT2D eigenvalue weighted by molar-refractivity contribution is 0.0733. The van der Waals surface area contributed by atoms with Crippen molar-refractivity contribution in [3.63, 3.8) is 0 Å². The molecule has 0 saturated carbocycles. The van der Waals surface area contributed by atoms with Crippen LogP contribution in [0.1, 0.15) is 60.0 Å². The van der Waals surface area contributed by atoms with E-state index in [1.807, 2.05) is 53.4 Å². The number of halogens is 1. The summed E-state index contributed by atoms with van der Waals surface area (Å²) in [6, 6.07) is 19.6. The van der Waals surface area contributed by atoms with Crippen molar-refractivity contribution in [3.05, 3.63) is 106 Å². The Labute approximate surface area is 232 Å². The molecule has 5 nitrogen and oxygen atoms in total. The van der Waals surface area contributed by atoms with E-state index in [1.165, 1.54) is 31.2 Å². The number of nitrogens with zero attached hydrogens (tertiary/aromatic N) is 3. The van der Waals surface area contributed by atoms with E-state index in [0.29, 0.717) is 30.1 Å². The van der Waals surface area contributed by atoms with Crippen molar-refractivity contribution in [2.45, 2.75) is 52.0 Å². The van der Waals surface area contributed by atoms with Crippen molar-refractivity contribution < 1.29 is 9.21 Å². The van der Waals surface area contributed by atoms with Crippen LogP contribution in [0.4, 0.5) is 0 Å². The number of fused-ring (bicyclic) bond motifs is 1. The summed E-state index contributed by atoms with van der Waals surface area (Å²) in [4.78, 5) is 21.2. The zero-order valence-corrected chi connectivity index (χ0v) is 23.2. The van der Waals surface area contributed by atoms with Gasteiger partial charge in [-0.3, -0.25) is 9.20 Å². The molecule has 5 rings (SSSR count). The van der Waals surface area contributed by atoms with E-state index in [1.54, 1.807) is 17.6 Å². The molecular formula is C31H32ClN3O2S. The normalized spacial score (nSPS) is 11.3. The summed E-state index contributed by atoms with van der Waals surface area (Å²) >= 11 is 7.66. The number of unbranched alkanes of at least 4 members (excludes halogenated alkanes) is 3. The van der Waals surface area contributed by atoms with Gasteiger partial charge < -0.3 is 9.32 Å². The first kappa shape index (κ1) is 26.3. The fourth-order valence-electron chi connectivity index (χ4n) is 4.61. The molecule has 0 atom stereocenters. The molecule has 0 fully saturated rings. The summed E-state index contributed by atoms with van der Waals surface area (Å²) in [5.41, 5.74) is 5.05. The van der Waals surface area contributed by atoms with E-state index in [4.69, 9.17) is 21.0 Å². The Morgan fingerprint density at radius 1 is 1.03 bits per heavy atom. The highest BCUT2D eigenvalue weighted by Gasteiger charge is 2.19. The van der Waals surface area contributed by atoms with Crippen molar-refractivity contribution in [2.24, 2.45) is 0 Å². The summed E-state index contributed by atoms with van der Waals surface area (Å²) in [5.74, 6) is 0.784. The maximum atomic E-state index is 13.6. The smallest absolute Gasteiger partial charge is 0.254 e.